The lowest BCUT2D eigenvalue weighted by Gasteiger charge is -1.92. The van der Waals surface area contributed by atoms with Crippen LogP contribution in [0.4, 0.5) is 4.39 Å². The maximum absolute atomic E-state index is 12.7. The lowest BCUT2D eigenvalue weighted by atomic mass is 10.2. The highest BCUT2D eigenvalue weighted by molar-refractivity contribution is 7.98. The van der Waals surface area contributed by atoms with Crippen LogP contribution in [0.3, 0.4) is 0 Å². The van der Waals surface area contributed by atoms with Crippen molar-refractivity contribution in [2.75, 3.05) is 5.75 Å². The molecule has 1 aromatic carbocycles. The SMILES string of the molecule is CCSCc1nc(-c2ccc(F)cc2)no1. The molecule has 0 atom stereocenters. The van der Waals surface area contributed by atoms with Gasteiger partial charge in [0.05, 0.1) is 5.75 Å². The summed E-state index contributed by atoms with van der Waals surface area (Å²) in [6.07, 6.45) is 0. The van der Waals surface area contributed by atoms with E-state index >= 15 is 0 Å². The number of rotatable bonds is 4. The summed E-state index contributed by atoms with van der Waals surface area (Å²) in [4.78, 5) is 4.23. The second-order valence-corrected chi connectivity index (χ2v) is 4.43. The van der Waals surface area contributed by atoms with E-state index in [2.05, 4.69) is 17.1 Å². The average Bonchev–Trinajstić information content (AvgIpc) is 2.76. The van der Waals surface area contributed by atoms with Gasteiger partial charge in [0.1, 0.15) is 5.82 Å². The molecule has 2 aromatic rings. The van der Waals surface area contributed by atoms with Crippen LogP contribution >= 0.6 is 11.8 Å². The number of nitrogens with zero attached hydrogens (tertiary/aromatic N) is 2. The summed E-state index contributed by atoms with van der Waals surface area (Å²) < 4.78 is 17.8. The van der Waals surface area contributed by atoms with Crippen molar-refractivity contribution in [2.24, 2.45) is 0 Å². The van der Waals surface area contributed by atoms with Gasteiger partial charge in [0.2, 0.25) is 11.7 Å². The Morgan fingerprint density at radius 3 is 2.75 bits per heavy atom. The molecule has 0 aliphatic carbocycles. The number of benzene rings is 1. The number of hydrogen-bond acceptors (Lipinski definition) is 4. The van der Waals surface area contributed by atoms with E-state index in [4.69, 9.17) is 4.52 Å². The first kappa shape index (κ1) is 11.1. The lowest BCUT2D eigenvalue weighted by Crippen LogP contribution is -1.83. The first-order valence-corrected chi connectivity index (χ1v) is 6.11. The van der Waals surface area contributed by atoms with Gasteiger partial charge in [0.25, 0.3) is 0 Å². The number of hydrogen-bond donors (Lipinski definition) is 0. The third-order valence-corrected chi connectivity index (χ3v) is 2.86. The van der Waals surface area contributed by atoms with Crippen molar-refractivity contribution in [3.8, 4) is 11.4 Å². The normalized spacial score (nSPS) is 10.6. The van der Waals surface area contributed by atoms with Gasteiger partial charge in [-0.1, -0.05) is 12.1 Å². The Bertz CT molecular complexity index is 455. The van der Waals surface area contributed by atoms with E-state index in [1.807, 2.05) is 0 Å². The van der Waals surface area contributed by atoms with Crippen molar-refractivity contribution < 1.29 is 8.91 Å². The zero-order chi connectivity index (χ0) is 11.4. The summed E-state index contributed by atoms with van der Waals surface area (Å²) in [6.45, 7) is 2.07. The smallest absolute Gasteiger partial charge is 0.236 e. The number of halogens is 1. The fraction of sp³-hybridized carbons (Fsp3) is 0.273. The fourth-order valence-corrected chi connectivity index (χ4v) is 1.72. The van der Waals surface area contributed by atoms with Crippen molar-refractivity contribution in [2.45, 2.75) is 12.7 Å². The molecule has 0 fully saturated rings. The van der Waals surface area contributed by atoms with Crippen LogP contribution < -0.4 is 0 Å². The Kier molecular flexibility index (Phi) is 3.56. The van der Waals surface area contributed by atoms with Crippen LogP contribution in [-0.4, -0.2) is 15.9 Å². The standard InChI is InChI=1S/C11H11FN2OS/c1-2-16-7-10-13-11(14-15-10)8-3-5-9(12)6-4-8/h3-6H,2,7H2,1H3. The van der Waals surface area contributed by atoms with E-state index in [9.17, 15) is 4.39 Å². The minimum Gasteiger partial charge on any atom is -0.338 e. The Hall–Kier alpha value is -1.36. The quantitative estimate of drug-likeness (QED) is 0.820. The first-order valence-electron chi connectivity index (χ1n) is 4.96. The van der Waals surface area contributed by atoms with E-state index in [-0.39, 0.29) is 5.82 Å². The minimum absolute atomic E-state index is 0.269. The van der Waals surface area contributed by atoms with Gasteiger partial charge in [0, 0.05) is 5.56 Å². The van der Waals surface area contributed by atoms with Gasteiger partial charge < -0.3 is 4.52 Å². The monoisotopic (exact) mass is 238 g/mol. The predicted octanol–water partition coefficient (Wildman–Crippen LogP) is 3.13. The van der Waals surface area contributed by atoms with Crippen LogP contribution in [-0.2, 0) is 5.75 Å². The molecular formula is C11H11FN2OS. The van der Waals surface area contributed by atoms with Crippen molar-refractivity contribution in [3.05, 3.63) is 36.0 Å². The molecule has 0 amide bonds. The van der Waals surface area contributed by atoms with Crippen molar-refractivity contribution >= 4 is 11.8 Å². The molecule has 0 bridgehead atoms. The molecule has 0 spiro atoms. The molecule has 84 valence electrons. The molecule has 2 rings (SSSR count). The van der Waals surface area contributed by atoms with Crippen LogP contribution in [0, 0.1) is 5.82 Å². The molecule has 0 aliphatic heterocycles. The Balaban J connectivity index is 2.15. The molecule has 0 N–H and O–H groups in total. The second kappa shape index (κ2) is 5.12. The molecule has 0 saturated heterocycles. The second-order valence-electron chi connectivity index (χ2n) is 3.16. The molecule has 3 nitrogen and oxygen atoms in total. The van der Waals surface area contributed by atoms with Gasteiger partial charge in [0.15, 0.2) is 0 Å². The Labute approximate surface area is 97.1 Å². The van der Waals surface area contributed by atoms with E-state index < -0.39 is 0 Å². The molecule has 1 aromatic heterocycles. The summed E-state index contributed by atoms with van der Waals surface area (Å²) >= 11 is 1.72. The first-order chi connectivity index (χ1) is 7.79. The average molecular weight is 238 g/mol. The summed E-state index contributed by atoms with van der Waals surface area (Å²) in [5, 5.41) is 3.85. The van der Waals surface area contributed by atoms with Gasteiger partial charge >= 0.3 is 0 Å². The lowest BCUT2D eigenvalue weighted by molar-refractivity contribution is 0.391. The Morgan fingerprint density at radius 1 is 1.31 bits per heavy atom. The summed E-state index contributed by atoms with van der Waals surface area (Å²) in [5.41, 5.74) is 0.762. The Morgan fingerprint density at radius 2 is 2.06 bits per heavy atom. The summed E-state index contributed by atoms with van der Waals surface area (Å²) in [6, 6.07) is 6.03. The maximum Gasteiger partial charge on any atom is 0.236 e. The van der Waals surface area contributed by atoms with Gasteiger partial charge in [-0.05, 0) is 30.0 Å². The topological polar surface area (TPSA) is 38.9 Å². The van der Waals surface area contributed by atoms with Crippen molar-refractivity contribution in [1.29, 1.82) is 0 Å². The molecule has 0 saturated carbocycles. The molecule has 1 heterocycles. The molecule has 0 unspecified atom stereocenters. The van der Waals surface area contributed by atoms with E-state index in [0.717, 1.165) is 11.3 Å². The largest absolute Gasteiger partial charge is 0.338 e. The van der Waals surface area contributed by atoms with Gasteiger partial charge in [-0.2, -0.15) is 16.7 Å². The van der Waals surface area contributed by atoms with E-state index in [0.29, 0.717) is 17.5 Å². The van der Waals surface area contributed by atoms with Crippen LogP contribution in [0.5, 0.6) is 0 Å². The zero-order valence-corrected chi connectivity index (χ0v) is 9.63. The summed E-state index contributed by atoms with van der Waals surface area (Å²) in [7, 11) is 0. The van der Waals surface area contributed by atoms with E-state index in [1.54, 1.807) is 23.9 Å². The van der Waals surface area contributed by atoms with Crippen LogP contribution in [0.2, 0.25) is 0 Å². The predicted molar refractivity (Wildman–Crippen MR) is 61.5 cm³/mol. The third kappa shape index (κ3) is 2.61. The van der Waals surface area contributed by atoms with E-state index in [1.165, 1.54) is 12.1 Å². The number of thioether (sulfide) groups is 1. The number of aromatic nitrogens is 2. The molecule has 0 aliphatic rings. The molecular weight excluding hydrogens is 227 g/mol. The maximum atomic E-state index is 12.7. The van der Waals surface area contributed by atoms with Crippen LogP contribution in [0.15, 0.2) is 28.8 Å². The van der Waals surface area contributed by atoms with Crippen LogP contribution in [0.25, 0.3) is 11.4 Å². The van der Waals surface area contributed by atoms with Gasteiger partial charge in [-0.15, -0.1) is 0 Å². The van der Waals surface area contributed by atoms with Crippen molar-refractivity contribution in [3.63, 3.8) is 0 Å². The van der Waals surface area contributed by atoms with Gasteiger partial charge in [-0.25, -0.2) is 4.39 Å². The van der Waals surface area contributed by atoms with Gasteiger partial charge in [-0.3, -0.25) is 0 Å². The molecule has 5 heteroatoms. The minimum atomic E-state index is -0.269. The van der Waals surface area contributed by atoms with Crippen molar-refractivity contribution in [1.82, 2.24) is 10.1 Å². The highest BCUT2D eigenvalue weighted by Gasteiger charge is 2.07. The third-order valence-electron chi connectivity index (χ3n) is 2.00. The zero-order valence-electron chi connectivity index (χ0n) is 8.81. The molecule has 0 radical (unpaired) electrons. The van der Waals surface area contributed by atoms with Crippen LogP contribution in [0.1, 0.15) is 12.8 Å². The highest BCUT2D eigenvalue weighted by atomic mass is 32.2. The fourth-order valence-electron chi connectivity index (χ4n) is 1.22. The highest BCUT2D eigenvalue weighted by Crippen LogP contribution is 2.18. The summed E-state index contributed by atoms with van der Waals surface area (Å²) in [5.74, 6) is 2.56. The molecule has 16 heavy (non-hydrogen) atoms.